The van der Waals surface area contributed by atoms with Crippen molar-refractivity contribution in [1.82, 2.24) is 0 Å². The van der Waals surface area contributed by atoms with Gasteiger partial charge in [0.2, 0.25) is 0 Å². The predicted octanol–water partition coefficient (Wildman–Crippen LogP) is 3.62. The third-order valence-corrected chi connectivity index (χ3v) is 4.50. The van der Waals surface area contributed by atoms with Crippen LogP contribution in [-0.4, -0.2) is 25.3 Å². The molecule has 0 radical (unpaired) electrons. The van der Waals surface area contributed by atoms with Crippen molar-refractivity contribution in [2.24, 2.45) is 11.8 Å². The monoisotopic (exact) mass is 277 g/mol. The Balaban J connectivity index is 2.21. The van der Waals surface area contributed by atoms with Crippen LogP contribution in [0, 0.1) is 11.8 Å². The fourth-order valence-corrected chi connectivity index (χ4v) is 3.21. The van der Waals surface area contributed by atoms with Gasteiger partial charge in [-0.3, -0.25) is 0 Å². The second kappa shape index (κ2) is 6.49. The zero-order valence-corrected chi connectivity index (χ0v) is 13.1. The van der Waals surface area contributed by atoms with Gasteiger partial charge in [-0.1, -0.05) is 19.9 Å². The molecule has 1 atom stereocenters. The number of hydrogen-bond acceptors (Lipinski definition) is 3. The molecule has 0 aliphatic carbocycles. The zero-order valence-electron chi connectivity index (χ0n) is 13.1. The molecular weight excluding hydrogens is 250 g/mol. The van der Waals surface area contributed by atoms with E-state index in [1.807, 2.05) is 19.1 Å². The Hall–Kier alpha value is -1.22. The van der Waals surface area contributed by atoms with Crippen molar-refractivity contribution in [1.29, 1.82) is 0 Å². The first-order valence-electron chi connectivity index (χ1n) is 7.64. The van der Waals surface area contributed by atoms with E-state index in [1.165, 1.54) is 12.8 Å². The number of benzene rings is 1. The van der Waals surface area contributed by atoms with E-state index >= 15 is 0 Å². The number of piperidine rings is 1. The lowest BCUT2D eigenvalue weighted by molar-refractivity contribution is 0.194. The molecule has 2 rings (SSSR count). The second-order valence-electron chi connectivity index (χ2n) is 6.14. The minimum absolute atomic E-state index is 0.510. The normalized spacial score (nSPS) is 18.4. The highest BCUT2D eigenvalue weighted by atomic mass is 16.5. The van der Waals surface area contributed by atoms with E-state index in [-0.39, 0.29) is 0 Å². The van der Waals surface area contributed by atoms with Gasteiger partial charge in [0, 0.05) is 24.3 Å². The predicted molar refractivity (Wildman–Crippen MR) is 83.4 cm³/mol. The van der Waals surface area contributed by atoms with Crippen LogP contribution in [0.15, 0.2) is 18.2 Å². The summed E-state index contributed by atoms with van der Waals surface area (Å²) in [5.74, 6) is 2.37. The van der Waals surface area contributed by atoms with Gasteiger partial charge in [0.05, 0.1) is 13.2 Å². The Bertz CT molecular complexity index is 435. The molecule has 1 aromatic rings. The lowest BCUT2D eigenvalue weighted by Crippen LogP contribution is -2.36. The third kappa shape index (κ3) is 3.09. The molecule has 0 amide bonds. The smallest absolute Gasteiger partial charge is 0.126 e. The molecule has 1 saturated heterocycles. The SMILES string of the molecule is COc1cccc(N2CCC(C(C)C)CC2)c1[C@@H](C)O. The number of hydrogen-bond donors (Lipinski definition) is 1. The van der Waals surface area contributed by atoms with Crippen LogP contribution in [0.25, 0.3) is 0 Å². The largest absolute Gasteiger partial charge is 0.496 e. The molecule has 0 bridgehead atoms. The fourth-order valence-electron chi connectivity index (χ4n) is 3.21. The van der Waals surface area contributed by atoms with Crippen LogP contribution >= 0.6 is 0 Å². The summed E-state index contributed by atoms with van der Waals surface area (Å²) in [6, 6.07) is 6.03. The van der Waals surface area contributed by atoms with Gasteiger partial charge in [-0.2, -0.15) is 0 Å². The molecule has 1 aromatic carbocycles. The molecule has 112 valence electrons. The van der Waals surface area contributed by atoms with Crippen LogP contribution in [0.4, 0.5) is 5.69 Å². The van der Waals surface area contributed by atoms with Gasteiger partial charge in [0.15, 0.2) is 0 Å². The maximum Gasteiger partial charge on any atom is 0.126 e. The Morgan fingerprint density at radius 3 is 2.35 bits per heavy atom. The van der Waals surface area contributed by atoms with Crippen molar-refractivity contribution in [3.63, 3.8) is 0 Å². The number of rotatable bonds is 4. The van der Waals surface area contributed by atoms with Crippen LogP contribution < -0.4 is 9.64 Å². The first-order valence-corrected chi connectivity index (χ1v) is 7.64. The third-order valence-electron chi connectivity index (χ3n) is 4.50. The quantitative estimate of drug-likeness (QED) is 0.912. The molecular formula is C17H27NO2. The summed E-state index contributed by atoms with van der Waals surface area (Å²) in [6.07, 6.45) is 1.95. The van der Waals surface area contributed by atoms with Gasteiger partial charge in [-0.25, -0.2) is 0 Å². The van der Waals surface area contributed by atoms with Crippen LogP contribution in [0.5, 0.6) is 5.75 Å². The van der Waals surface area contributed by atoms with E-state index in [2.05, 4.69) is 24.8 Å². The lowest BCUT2D eigenvalue weighted by atomic mass is 9.86. The van der Waals surface area contributed by atoms with Gasteiger partial charge >= 0.3 is 0 Å². The highest BCUT2D eigenvalue weighted by Gasteiger charge is 2.25. The number of ether oxygens (including phenoxy) is 1. The standard InChI is InChI=1S/C17H27NO2/c1-12(2)14-8-10-18(11-9-14)15-6-5-7-16(20-4)17(15)13(3)19/h5-7,12-14,19H,8-11H2,1-4H3/t13-/m1/s1. The summed E-state index contributed by atoms with van der Waals surface area (Å²) in [5, 5.41) is 10.1. The average Bonchev–Trinajstić information content (AvgIpc) is 2.46. The van der Waals surface area contributed by atoms with Crippen molar-refractivity contribution in [2.75, 3.05) is 25.1 Å². The van der Waals surface area contributed by atoms with E-state index in [0.29, 0.717) is 0 Å². The van der Waals surface area contributed by atoms with Crippen molar-refractivity contribution in [3.8, 4) is 5.75 Å². The summed E-state index contributed by atoms with van der Waals surface area (Å²) in [7, 11) is 1.66. The van der Waals surface area contributed by atoms with E-state index in [9.17, 15) is 5.11 Å². The first-order chi connectivity index (χ1) is 9.54. The maximum atomic E-state index is 10.1. The van der Waals surface area contributed by atoms with Gasteiger partial charge in [-0.15, -0.1) is 0 Å². The molecule has 20 heavy (non-hydrogen) atoms. The highest BCUT2D eigenvalue weighted by Crippen LogP contribution is 2.37. The Labute approximate surface area is 122 Å². The summed E-state index contributed by atoms with van der Waals surface area (Å²) in [5.41, 5.74) is 2.04. The van der Waals surface area contributed by atoms with E-state index in [0.717, 1.165) is 41.9 Å². The van der Waals surface area contributed by atoms with Crippen LogP contribution in [0.1, 0.15) is 45.3 Å². The number of aliphatic hydroxyl groups excluding tert-OH is 1. The van der Waals surface area contributed by atoms with E-state index in [4.69, 9.17) is 4.74 Å². The molecule has 1 N–H and O–H groups in total. The lowest BCUT2D eigenvalue weighted by Gasteiger charge is -2.37. The molecule has 1 aliphatic rings. The molecule has 0 spiro atoms. The Kier molecular flexibility index (Phi) is 4.92. The maximum absolute atomic E-state index is 10.1. The molecule has 1 fully saturated rings. The van der Waals surface area contributed by atoms with Crippen molar-refractivity contribution >= 4 is 5.69 Å². The number of methoxy groups -OCH3 is 1. The van der Waals surface area contributed by atoms with Gasteiger partial charge in [0.1, 0.15) is 5.75 Å². The van der Waals surface area contributed by atoms with Crippen molar-refractivity contribution < 1.29 is 9.84 Å². The van der Waals surface area contributed by atoms with Crippen molar-refractivity contribution in [2.45, 2.75) is 39.7 Å². The summed E-state index contributed by atoms with van der Waals surface area (Å²) >= 11 is 0. The number of anilines is 1. The zero-order chi connectivity index (χ0) is 14.7. The molecule has 0 saturated carbocycles. The molecule has 0 aromatic heterocycles. The van der Waals surface area contributed by atoms with Crippen LogP contribution in [-0.2, 0) is 0 Å². The summed E-state index contributed by atoms with van der Waals surface area (Å²) < 4.78 is 5.41. The molecule has 0 unspecified atom stereocenters. The minimum atomic E-state index is -0.510. The summed E-state index contributed by atoms with van der Waals surface area (Å²) in [4.78, 5) is 2.39. The molecule has 3 heteroatoms. The second-order valence-corrected chi connectivity index (χ2v) is 6.14. The molecule has 1 heterocycles. The van der Waals surface area contributed by atoms with Crippen LogP contribution in [0.2, 0.25) is 0 Å². The number of nitrogens with zero attached hydrogens (tertiary/aromatic N) is 1. The van der Waals surface area contributed by atoms with E-state index in [1.54, 1.807) is 7.11 Å². The van der Waals surface area contributed by atoms with E-state index < -0.39 is 6.10 Å². The first kappa shape index (κ1) is 15.2. The minimum Gasteiger partial charge on any atom is -0.496 e. The Morgan fingerprint density at radius 1 is 1.20 bits per heavy atom. The fraction of sp³-hybridized carbons (Fsp3) is 0.647. The molecule has 3 nitrogen and oxygen atoms in total. The highest BCUT2D eigenvalue weighted by molar-refractivity contribution is 5.60. The Morgan fingerprint density at radius 2 is 1.85 bits per heavy atom. The molecule has 1 aliphatic heterocycles. The number of aliphatic hydroxyl groups is 1. The van der Waals surface area contributed by atoms with Gasteiger partial charge in [0.25, 0.3) is 0 Å². The van der Waals surface area contributed by atoms with Crippen molar-refractivity contribution in [3.05, 3.63) is 23.8 Å². The van der Waals surface area contributed by atoms with Gasteiger partial charge in [-0.05, 0) is 43.7 Å². The van der Waals surface area contributed by atoms with Gasteiger partial charge < -0.3 is 14.7 Å². The van der Waals surface area contributed by atoms with Crippen LogP contribution in [0.3, 0.4) is 0 Å². The summed E-state index contributed by atoms with van der Waals surface area (Å²) in [6.45, 7) is 8.56. The topological polar surface area (TPSA) is 32.7 Å². The average molecular weight is 277 g/mol.